The largest absolute Gasteiger partial charge is 0.347 e. The molecule has 1 aromatic heterocycles. The number of nitrogens with one attached hydrogen (secondary N) is 2. The highest BCUT2D eigenvalue weighted by Gasteiger charge is 2.37. The number of hydrogen-bond donors (Lipinski definition) is 2. The third kappa shape index (κ3) is 2.58. The number of anilines is 2. The number of aromatic nitrogens is 2. The molecule has 5 nitrogen and oxygen atoms in total. The van der Waals surface area contributed by atoms with Crippen LogP contribution in [0.25, 0.3) is 11.0 Å². The molecule has 0 fully saturated rings. The van der Waals surface area contributed by atoms with Crippen molar-refractivity contribution in [2.24, 2.45) is 5.10 Å². The Labute approximate surface area is 147 Å². The Morgan fingerprint density at radius 1 is 1.12 bits per heavy atom. The van der Waals surface area contributed by atoms with E-state index < -0.39 is 0 Å². The number of benzene rings is 2. The summed E-state index contributed by atoms with van der Waals surface area (Å²) in [6.45, 7) is 4.48. The maximum absolute atomic E-state index is 4.45. The van der Waals surface area contributed by atoms with Crippen molar-refractivity contribution in [2.75, 3.05) is 17.4 Å². The van der Waals surface area contributed by atoms with E-state index in [1.807, 2.05) is 24.3 Å². The predicted octanol–water partition coefficient (Wildman–Crippen LogP) is 4.27. The monoisotopic (exact) mass is 331 g/mol. The summed E-state index contributed by atoms with van der Waals surface area (Å²) in [6.07, 6.45) is 3.84. The van der Waals surface area contributed by atoms with Gasteiger partial charge in [-0.3, -0.25) is 0 Å². The van der Waals surface area contributed by atoms with E-state index in [0.717, 1.165) is 11.0 Å². The Morgan fingerprint density at radius 3 is 2.68 bits per heavy atom. The van der Waals surface area contributed by atoms with Crippen molar-refractivity contribution in [1.82, 2.24) is 9.97 Å². The first-order valence-electron chi connectivity index (χ1n) is 8.35. The molecule has 4 rings (SSSR count). The first-order chi connectivity index (χ1) is 12.1. The normalized spacial score (nSPS) is 17.6. The van der Waals surface area contributed by atoms with E-state index in [9.17, 15) is 0 Å². The Morgan fingerprint density at radius 2 is 1.88 bits per heavy atom. The van der Waals surface area contributed by atoms with E-state index in [-0.39, 0.29) is 5.41 Å². The van der Waals surface area contributed by atoms with Crippen molar-refractivity contribution in [3.05, 3.63) is 65.9 Å². The molecule has 25 heavy (non-hydrogen) atoms. The topological polar surface area (TPSA) is 56.3 Å². The highest BCUT2D eigenvalue weighted by molar-refractivity contribution is 5.80. The SMILES string of the molecule is CN1/C(=C\C=N/Nc2nc3ccccc3[nH]2)C(C)(C)c2ccccc21. The summed E-state index contributed by atoms with van der Waals surface area (Å²) >= 11 is 0. The zero-order valence-corrected chi connectivity index (χ0v) is 14.6. The van der Waals surface area contributed by atoms with Gasteiger partial charge in [0.2, 0.25) is 5.95 Å². The lowest BCUT2D eigenvalue weighted by molar-refractivity contribution is 0.641. The van der Waals surface area contributed by atoms with Crippen molar-refractivity contribution in [2.45, 2.75) is 19.3 Å². The first-order valence-corrected chi connectivity index (χ1v) is 8.35. The van der Waals surface area contributed by atoms with Crippen molar-refractivity contribution in [3.8, 4) is 0 Å². The molecule has 0 radical (unpaired) electrons. The van der Waals surface area contributed by atoms with Crippen molar-refractivity contribution in [3.63, 3.8) is 0 Å². The standard InChI is InChI=1S/C20H21N5/c1-20(2)14-8-4-7-11-17(14)25(3)18(20)12-13-21-24-19-22-15-9-5-6-10-16(15)23-19/h4-13H,1-3H3,(H2,22,23,24)/b18-12-,21-13-. The fraction of sp³-hybridized carbons (Fsp3) is 0.200. The maximum Gasteiger partial charge on any atom is 0.222 e. The van der Waals surface area contributed by atoms with E-state index in [2.05, 4.69) is 76.6 Å². The third-order valence-electron chi connectivity index (χ3n) is 4.81. The van der Waals surface area contributed by atoms with Crippen LogP contribution >= 0.6 is 0 Å². The molecule has 0 atom stereocenters. The van der Waals surface area contributed by atoms with Gasteiger partial charge < -0.3 is 9.88 Å². The Kier molecular flexibility index (Phi) is 3.57. The summed E-state index contributed by atoms with van der Waals surface area (Å²) in [7, 11) is 2.10. The van der Waals surface area contributed by atoms with Gasteiger partial charge in [-0.15, -0.1) is 0 Å². The number of hydrazone groups is 1. The number of fused-ring (bicyclic) bond motifs is 2. The molecule has 0 bridgehead atoms. The van der Waals surface area contributed by atoms with Crippen LogP contribution < -0.4 is 10.3 Å². The smallest absolute Gasteiger partial charge is 0.222 e. The highest BCUT2D eigenvalue weighted by Crippen LogP contribution is 2.46. The quantitative estimate of drug-likeness (QED) is 0.556. The molecule has 0 saturated heterocycles. The van der Waals surface area contributed by atoms with Gasteiger partial charge in [-0.25, -0.2) is 10.4 Å². The lowest BCUT2D eigenvalue weighted by atomic mass is 9.84. The van der Waals surface area contributed by atoms with Crippen LogP contribution in [-0.2, 0) is 5.41 Å². The van der Waals surface area contributed by atoms with Crippen molar-refractivity contribution >= 4 is 28.9 Å². The highest BCUT2D eigenvalue weighted by atomic mass is 15.3. The second-order valence-electron chi connectivity index (χ2n) is 6.75. The summed E-state index contributed by atoms with van der Waals surface area (Å²) in [6, 6.07) is 16.4. The van der Waals surface area contributed by atoms with E-state index in [4.69, 9.17) is 0 Å². The van der Waals surface area contributed by atoms with Crippen LogP contribution in [0.1, 0.15) is 19.4 Å². The second-order valence-corrected chi connectivity index (χ2v) is 6.75. The molecule has 5 heteroatoms. The summed E-state index contributed by atoms with van der Waals surface area (Å²) in [5, 5.41) is 4.29. The molecule has 0 amide bonds. The van der Waals surface area contributed by atoms with E-state index in [1.54, 1.807) is 6.21 Å². The summed E-state index contributed by atoms with van der Waals surface area (Å²) in [4.78, 5) is 9.87. The number of hydrogen-bond acceptors (Lipinski definition) is 4. The van der Waals surface area contributed by atoms with Gasteiger partial charge in [0.25, 0.3) is 0 Å². The molecule has 1 aliphatic heterocycles. The van der Waals surface area contributed by atoms with Crippen molar-refractivity contribution < 1.29 is 0 Å². The summed E-state index contributed by atoms with van der Waals surface area (Å²) < 4.78 is 0. The molecular formula is C20H21N5. The Balaban J connectivity index is 1.54. The zero-order valence-electron chi connectivity index (χ0n) is 14.6. The zero-order chi connectivity index (χ0) is 17.4. The molecule has 2 aromatic carbocycles. The molecule has 0 spiro atoms. The summed E-state index contributed by atoms with van der Waals surface area (Å²) in [5.74, 6) is 0.637. The van der Waals surface area contributed by atoms with Crippen LogP contribution in [0.3, 0.4) is 0 Å². The Hall–Kier alpha value is -3.08. The van der Waals surface area contributed by atoms with Gasteiger partial charge in [-0.05, 0) is 29.8 Å². The fourth-order valence-corrected chi connectivity index (χ4v) is 3.51. The van der Waals surface area contributed by atoms with Gasteiger partial charge in [-0.2, -0.15) is 5.10 Å². The van der Waals surface area contributed by atoms with Gasteiger partial charge in [0.05, 0.1) is 11.0 Å². The van der Waals surface area contributed by atoms with E-state index >= 15 is 0 Å². The van der Waals surface area contributed by atoms with E-state index in [0.29, 0.717) is 5.95 Å². The van der Waals surface area contributed by atoms with Gasteiger partial charge in [-0.1, -0.05) is 44.2 Å². The molecule has 3 aromatic rings. The number of para-hydroxylation sites is 3. The first kappa shape index (κ1) is 15.4. The molecule has 0 aliphatic carbocycles. The number of allylic oxidation sites excluding steroid dienone is 2. The molecule has 2 N–H and O–H groups in total. The van der Waals surface area contributed by atoms with E-state index in [1.165, 1.54) is 16.9 Å². The number of nitrogens with zero attached hydrogens (tertiary/aromatic N) is 3. The van der Waals surface area contributed by atoms with Crippen LogP contribution in [0, 0.1) is 0 Å². The third-order valence-corrected chi connectivity index (χ3v) is 4.81. The van der Waals surface area contributed by atoms with Crippen LogP contribution in [0.15, 0.2) is 65.4 Å². The fourth-order valence-electron chi connectivity index (χ4n) is 3.51. The van der Waals surface area contributed by atoms with Crippen LogP contribution in [0.5, 0.6) is 0 Å². The average Bonchev–Trinajstić information content (AvgIpc) is 3.11. The van der Waals surface area contributed by atoms with Gasteiger partial charge in [0, 0.05) is 30.1 Å². The van der Waals surface area contributed by atoms with Crippen molar-refractivity contribution in [1.29, 1.82) is 0 Å². The lowest BCUT2D eigenvalue weighted by Gasteiger charge is -2.23. The van der Waals surface area contributed by atoms with Crippen LogP contribution in [-0.4, -0.2) is 23.2 Å². The number of H-pyrrole nitrogens is 1. The molecule has 1 aliphatic rings. The van der Waals surface area contributed by atoms with Gasteiger partial charge in [0.1, 0.15) is 0 Å². The van der Waals surface area contributed by atoms with Crippen LogP contribution in [0.2, 0.25) is 0 Å². The Bertz CT molecular complexity index is 947. The summed E-state index contributed by atoms with van der Waals surface area (Å²) in [5.41, 5.74) is 8.62. The number of imidazole rings is 1. The molecular weight excluding hydrogens is 310 g/mol. The molecule has 0 unspecified atom stereocenters. The minimum absolute atomic E-state index is 0.0449. The predicted molar refractivity (Wildman–Crippen MR) is 104 cm³/mol. The number of rotatable bonds is 3. The minimum Gasteiger partial charge on any atom is -0.347 e. The lowest BCUT2D eigenvalue weighted by Crippen LogP contribution is -2.23. The maximum atomic E-state index is 4.45. The van der Waals surface area contributed by atoms with Crippen LogP contribution in [0.4, 0.5) is 11.6 Å². The molecule has 0 saturated carbocycles. The second kappa shape index (κ2) is 5.77. The van der Waals surface area contributed by atoms with Gasteiger partial charge >= 0.3 is 0 Å². The number of aromatic amines is 1. The minimum atomic E-state index is -0.0449. The average molecular weight is 331 g/mol. The molecule has 126 valence electrons. The molecule has 2 heterocycles. The number of likely N-dealkylation sites (N-methyl/N-ethyl adjacent to an activating group) is 1. The van der Waals surface area contributed by atoms with Gasteiger partial charge in [0.15, 0.2) is 0 Å².